The molecule has 0 aliphatic carbocycles. The molecule has 82 valence electrons. The average Bonchev–Trinajstić information content (AvgIpc) is 3.10. The van der Waals surface area contributed by atoms with Crippen molar-refractivity contribution in [3.05, 3.63) is 73.6 Å². The Balaban J connectivity index is 0.000000121. The highest BCUT2D eigenvalue weighted by Gasteiger charge is 1.58. The van der Waals surface area contributed by atoms with Crippen LogP contribution in [0.25, 0.3) is 0 Å². The van der Waals surface area contributed by atoms with E-state index in [1.165, 1.54) is 0 Å². The summed E-state index contributed by atoms with van der Waals surface area (Å²) >= 11 is 0. The van der Waals surface area contributed by atoms with Crippen molar-refractivity contribution < 1.29 is 0 Å². The number of hydrogen-bond acceptors (Lipinski definition) is 2. The van der Waals surface area contributed by atoms with Crippen molar-refractivity contribution in [1.82, 2.24) is 20.2 Å². The molecule has 0 radical (unpaired) electrons. The Morgan fingerprint density at radius 2 is 1.38 bits per heavy atom. The van der Waals surface area contributed by atoms with E-state index in [4.69, 9.17) is 0 Å². The van der Waals surface area contributed by atoms with Gasteiger partial charge in [-0.2, -0.15) is 5.10 Å². The van der Waals surface area contributed by atoms with E-state index in [1.54, 1.807) is 24.8 Å². The van der Waals surface area contributed by atoms with E-state index in [-0.39, 0.29) is 0 Å². The highest BCUT2D eigenvalue weighted by Crippen LogP contribution is 1.73. The van der Waals surface area contributed by atoms with Crippen LogP contribution in [0.2, 0.25) is 0 Å². The molecule has 4 nitrogen and oxygen atoms in total. The van der Waals surface area contributed by atoms with Crippen LogP contribution in [0.1, 0.15) is 0 Å². The molecule has 0 fully saturated rings. The Labute approximate surface area is 94.4 Å². The average molecular weight is 214 g/mol. The van der Waals surface area contributed by atoms with Crippen molar-refractivity contribution in [3.63, 3.8) is 0 Å². The molecule has 4 heteroatoms. The van der Waals surface area contributed by atoms with Gasteiger partial charge in [-0.3, -0.25) is 10.1 Å². The van der Waals surface area contributed by atoms with Crippen molar-refractivity contribution in [2.45, 2.75) is 0 Å². The number of nitrogens with one attached hydrogen (secondary N) is 2. The van der Waals surface area contributed by atoms with Gasteiger partial charge in [-0.05, 0) is 30.3 Å². The summed E-state index contributed by atoms with van der Waals surface area (Å²) in [5, 5.41) is 6.21. The Hall–Kier alpha value is -2.36. The second kappa shape index (κ2) is 9.21. The third kappa shape index (κ3) is 7.08. The first-order chi connectivity index (χ1) is 8.00. The van der Waals surface area contributed by atoms with Crippen LogP contribution in [0, 0.1) is 0 Å². The largest absolute Gasteiger partial charge is 0.368 e. The zero-order valence-corrected chi connectivity index (χ0v) is 8.82. The van der Waals surface area contributed by atoms with Crippen molar-refractivity contribution in [1.29, 1.82) is 0 Å². The zero-order valence-electron chi connectivity index (χ0n) is 8.82. The predicted octanol–water partition coefficient (Wildman–Crippen LogP) is 2.51. The number of hydrogen-bond donors (Lipinski definition) is 2. The SMILES string of the molecule is c1cc[nH]c1.c1ccncc1.c1cn[nH]c1. The molecule has 0 atom stereocenters. The molecule has 0 aliphatic rings. The second-order valence-electron chi connectivity index (χ2n) is 2.68. The highest BCUT2D eigenvalue weighted by atomic mass is 15.1. The Morgan fingerprint density at radius 1 is 0.625 bits per heavy atom. The smallest absolute Gasteiger partial charge is 0.0487 e. The fourth-order valence-corrected chi connectivity index (χ4v) is 0.806. The van der Waals surface area contributed by atoms with Crippen LogP contribution in [0.4, 0.5) is 0 Å². The maximum Gasteiger partial charge on any atom is 0.0487 e. The second-order valence-corrected chi connectivity index (χ2v) is 2.68. The first kappa shape index (κ1) is 11.7. The summed E-state index contributed by atoms with van der Waals surface area (Å²) in [6.45, 7) is 0. The molecule has 0 amide bonds. The first-order valence-corrected chi connectivity index (χ1v) is 4.86. The van der Waals surface area contributed by atoms with Gasteiger partial charge in [-0.25, -0.2) is 0 Å². The number of aromatic nitrogens is 4. The molecule has 0 unspecified atom stereocenters. The highest BCUT2D eigenvalue weighted by molar-refractivity contribution is 4.88. The van der Waals surface area contributed by atoms with Crippen LogP contribution in [0.3, 0.4) is 0 Å². The summed E-state index contributed by atoms with van der Waals surface area (Å²) in [6.07, 6.45) is 10.7. The van der Waals surface area contributed by atoms with Gasteiger partial charge >= 0.3 is 0 Å². The minimum absolute atomic E-state index is 1.69. The molecule has 0 bridgehead atoms. The Bertz CT molecular complexity index is 304. The first-order valence-electron chi connectivity index (χ1n) is 4.86. The minimum Gasteiger partial charge on any atom is -0.368 e. The standard InChI is InChI=1S/C5H5N.C4H5N.C3H4N2/c1-2-4-6-5-3-1;2*1-2-4-5-3-1/h1-5H;1-5H;1-3H,(H,4,5). The molecular formula is C12H14N4. The van der Waals surface area contributed by atoms with E-state index in [1.807, 2.05) is 48.8 Å². The van der Waals surface area contributed by atoms with Gasteiger partial charge in [0, 0.05) is 37.2 Å². The van der Waals surface area contributed by atoms with Crippen molar-refractivity contribution in [2.75, 3.05) is 0 Å². The molecule has 3 heterocycles. The van der Waals surface area contributed by atoms with Gasteiger partial charge in [0.05, 0.1) is 0 Å². The molecule has 2 N–H and O–H groups in total. The summed E-state index contributed by atoms with van der Waals surface area (Å²) in [5.41, 5.74) is 0. The summed E-state index contributed by atoms with van der Waals surface area (Å²) < 4.78 is 0. The van der Waals surface area contributed by atoms with Crippen LogP contribution in [-0.2, 0) is 0 Å². The summed E-state index contributed by atoms with van der Waals surface area (Å²) in [7, 11) is 0. The van der Waals surface area contributed by atoms with E-state index < -0.39 is 0 Å². The monoisotopic (exact) mass is 214 g/mol. The normalized spacial score (nSPS) is 8.00. The lowest BCUT2D eigenvalue weighted by Gasteiger charge is -1.70. The molecular weight excluding hydrogens is 200 g/mol. The predicted molar refractivity (Wildman–Crippen MR) is 63.6 cm³/mol. The quantitative estimate of drug-likeness (QED) is 0.604. The van der Waals surface area contributed by atoms with Crippen LogP contribution >= 0.6 is 0 Å². The van der Waals surface area contributed by atoms with E-state index in [0.29, 0.717) is 0 Å². The number of aromatic amines is 2. The number of H-pyrrole nitrogens is 2. The lowest BCUT2D eigenvalue weighted by Crippen LogP contribution is -1.58. The molecule has 0 saturated heterocycles. The van der Waals surface area contributed by atoms with Crippen LogP contribution in [0.15, 0.2) is 73.6 Å². The zero-order chi connectivity index (χ0) is 11.3. The minimum atomic E-state index is 1.69. The third-order valence-electron chi connectivity index (χ3n) is 1.47. The summed E-state index contributed by atoms with van der Waals surface area (Å²) in [5.74, 6) is 0. The number of pyridine rings is 1. The van der Waals surface area contributed by atoms with Gasteiger partial charge in [-0.15, -0.1) is 0 Å². The maximum atomic E-state index is 3.78. The van der Waals surface area contributed by atoms with Gasteiger partial charge in [0.2, 0.25) is 0 Å². The molecule has 16 heavy (non-hydrogen) atoms. The van der Waals surface area contributed by atoms with E-state index in [9.17, 15) is 0 Å². The fraction of sp³-hybridized carbons (Fsp3) is 0. The van der Waals surface area contributed by atoms with Gasteiger partial charge in [0.25, 0.3) is 0 Å². The molecule has 0 aliphatic heterocycles. The Morgan fingerprint density at radius 3 is 1.56 bits per heavy atom. The molecule has 0 saturated carbocycles. The summed E-state index contributed by atoms with van der Waals surface area (Å²) in [6, 6.07) is 11.4. The van der Waals surface area contributed by atoms with Crippen LogP contribution in [0.5, 0.6) is 0 Å². The number of nitrogens with zero attached hydrogens (tertiary/aromatic N) is 2. The summed E-state index contributed by atoms with van der Waals surface area (Å²) in [4.78, 5) is 6.65. The van der Waals surface area contributed by atoms with E-state index in [0.717, 1.165) is 0 Å². The van der Waals surface area contributed by atoms with Crippen LogP contribution < -0.4 is 0 Å². The molecule has 3 rings (SSSR count). The number of rotatable bonds is 0. The molecule has 0 aromatic carbocycles. The topological polar surface area (TPSA) is 57.4 Å². The van der Waals surface area contributed by atoms with Gasteiger partial charge < -0.3 is 4.98 Å². The van der Waals surface area contributed by atoms with Gasteiger partial charge in [0.15, 0.2) is 0 Å². The van der Waals surface area contributed by atoms with Crippen molar-refractivity contribution >= 4 is 0 Å². The van der Waals surface area contributed by atoms with Gasteiger partial charge in [-0.1, -0.05) is 6.07 Å². The van der Waals surface area contributed by atoms with Crippen molar-refractivity contribution in [2.24, 2.45) is 0 Å². The lowest BCUT2D eigenvalue weighted by atomic mass is 10.5. The fourth-order valence-electron chi connectivity index (χ4n) is 0.806. The van der Waals surface area contributed by atoms with E-state index in [2.05, 4.69) is 20.2 Å². The third-order valence-corrected chi connectivity index (χ3v) is 1.47. The Kier molecular flexibility index (Phi) is 6.74. The van der Waals surface area contributed by atoms with Gasteiger partial charge in [0.1, 0.15) is 0 Å². The maximum absolute atomic E-state index is 3.78. The van der Waals surface area contributed by atoms with Crippen LogP contribution in [-0.4, -0.2) is 20.2 Å². The molecule has 3 aromatic heterocycles. The lowest BCUT2D eigenvalue weighted by molar-refractivity contribution is 1.09. The van der Waals surface area contributed by atoms with Crippen molar-refractivity contribution in [3.8, 4) is 0 Å². The molecule has 3 aromatic rings. The molecule has 0 spiro atoms. The van der Waals surface area contributed by atoms with E-state index >= 15 is 0 Å².